The van der Waals surface area contributed by atoms with Gasteiger partial charge in [0.15, 0.2) is 0 Å². The third kappa shape index (κ3) is 2.84. The van der Waals surface area contributed by atoms with Crippen molar-refractivity contribution in [3.05, 3.63) is 65.1 Å². The maximum atomic E-state index is 12.2. The summed E-state index contributed by atoms with van der Waals surface area (Å²) in [4.78, 5) is 31.3. The Morgan fingerprint density at radius 3 is 2.86 bits per heavy atom. The quantitative estimate of drug-likeness (QED) is 0.574. The van der Waals surface area contributed by atoms with Gasteiger partial charge in [-0.3, -0.25) is 14.6 Å². The van der Waals surface area contributed by atoms with Crippen molar-refractivity contribution in [3.8, 4) is 0 Å². The van der Waals surface area contributed by atoms with Crippen molar-refractivity contribution < 1.29 is 9.59 Å². The molecular formula is C16H12ClN3O2. The Morgan fingerprint density at radius 2 is 2.09 bits per heavy atom. The molecule has 2 heterocycles. The molecule has 0 atom stereocenters. The van der Waals surface area contributed by atoms with Crippen molar-refractivity contribution in [1.29, 1.82) is 0 Å². The molecule has 0 spiro atoms. The third-order valence-corrected chi connectivity index (χ3v) is 3.49. The number of carbonyl (C=O) groups excluding carboxylic acids is 2. The number of benzene rings is 1. The highest BCUT2D eigenvalue weighted by Gasteiger charge is 2.19. The van der Waals surface area contributed by atoms with Crippen LogP contribution in [0, 0.1) is 0 Å². The molecule has 0 aliphatic rings. The first kappa shape index (κ1) is 14.3. The summed E-state index contributed by atoms with van der Waals surface area (Å²) in [5.74, 6) is -1.26. The largest absolute Gasteiger partial charge is 0.360 e. The van der Waals surface area contributed by atoms with Crippen molar-refractivity contribution in [2.24, 2.45) is 0 Å². The van der Waals surface area contributed by atoms with Crippen LogP contribution in [-0.2, 0) is 11.3 Å². The molecule has 3 rings (SSSR count). The Morgan fingerprint density at radius 1 is 1.23 bits per heavy atom. The molecule has 6 heteroatoms. The number of fused-ring (bicyclic) bond motifs is 1. The van der Waals surface area contributed by atoms with Gasteiger partial charge in [-0.15, -0.1) is 0 Å². The van der Waals surface area contributed by atoms with Gasteiger partial charge in [-0.05, 0) is 24.3 Å². The lowest BCUT2D eigenvalue weighted by molar-refractivity contribution is -0.117. The van der Waals surface area contributed by atoms with E-state index in [1.165, 1.54) is 6.20 Å². The molecule has 2 N–H and O–H groups in total. The van der Waals surface area contributed by atoms with E-state index in [1.807, 2.05) is 6.07 Å². The highest BCUT2D eigenvalue weighted by molar-refractivity contribution is 6.45. The number of carbonyl (C=O) groups is 2. The summed E-state index contributed by atoms with van der Waals surface area (Å²) in [7, 11) is 0. The van der Waals surface area contributed by atoms with Crippen molar-refractivity contribution in [1.82, 2.24) is 15.3 Å². The number of H-pyrrole nitrogens is 1. The van der Waals surface area contributed by atoms with Crippen LogP contribution >= 0.6 is 11.6 Å². The minimum Gasteiger partial charge on any atom is -0.360 e. The highest BCUT2D eigenvalue weighted by Crippen LogP contribution is 2.22. The summed E-state index contributed by atoms with van der Waals surface area (Å²) in [6.45, 7) is 0.208. The van der Waals surface area contributed by atoms with Gasteiger partial charge in [0.25, 0.3) is 11.7 Å². The van der Waals surface area contributed by atoms with Gasteiger partial charge in [-0.25, -0.2) is 0 Å². The second-order valence-electron chi connectivity index (χ2n) is 4.73. The summed E-state index contributed by atoms with van der Waals surface area (Å²) in [5.41, 5.74) is 1.73. The lowest BCUT2D eigenvalue weighted by atomic mass is 10.1. The third-order valence-electron chi connectivity index (χ3n) is 3.25. The van der Waals surface area contributed by atoms with Crippen molar-refractivity contribution >= 4 is 34.2 Å². The Labute approximate surface area is 131 Å². The van der Waals surface area contributed by atoms with Crippen LogP contribution in [0.1, 0.15) is 16.1 Å². The smallest absolute Gasteiger partial charge is 0.292 e. The molecule has 0 aliphatic heterocycles. The van der Waals surface area contributed by atoms with Crippen LogP contribution in [0.5, 0.6) is 0 Å². The second-order valence-corrected chi connectivity index (χ2v) is 5.16. The predicted octanol–water partition coefficient (Wildman–Crippen LogP) is 2.72. The Balaban J connectivity index is 1.76. The van der Waals surface area contributed by atoms with E-state index in [9.17, 15) is 9.59 Å². The van der Waals surface area contributed by atoms with E-state index in [0.29, 0.717) is 27.2 Å². The van der Waals surface area contributed by atoms with E-state index < -0.39 is 11.7 Å². The first-order chi connectivity index (χ1) is 10.6. The molecule has 0 bridgehead atoms. The van der Waals surface area contributed by atoms with Gasteiger partial charge in [0.2, 0.25) is 0 Å². The number of nitrogens with one attached hydrogen (secondary N) is 2. The van der Waals surface area contributed by atoms with E-state index in [1.54, 1.807) is 36.5 Å². The molecule has 1 aromatic carbocycles. The van der Waals surface area contributed by atoms with Crippen LogP contribution in [-0.4, -0.2) is 21.7 Å². The number of nitrogens with zero attached hydrogens (tertiary/aromatic N) is 1. The number of pyridine rings is 1. The summed E-state index contributed by atoms with van der Waals surface area (Å²) < 4.78 is 0. The number of Topliss-reactive ketones (excluding diaryl/α,β-unsaturated/α-hetero) is 1. The molecular weight excluding hydrogens is 302 g/mol. The van der Waals surface area contributed by atoms with Gasteiger partial charge in [0, 0.05) is 28.3 Å². The maximum absolute atomic E-state index is 12.2. The average molecular weight is 314 g/mol. The number of hydrogen-bond donors (Lipinski definition) is 2. The number of hydrogen-bond acceptors (Lipinski definition) is 3. The summed E-state index contributed by atoms with van der Waals surface area (Å²) in [6.07, 6.45) is 3.15. The summed E-state index contributed by atoms with van der Waals surface area (Å²) in [6, 6.07) is 10.5. The van der Waals surface area contributed by atoms with Crippen molar-refractivity contribution in [2.75, 3.05) is 0 Å². The number of aromatic amines is 1. The number of aromatic nitrogens is 2. The van der Waals surface area contributed by atoms with Crippen LogP contribution in [0.3, 0.4) is 0 Å². The first-order valence-corrected chi connectivity index (χ1v) is 7.02. The molecule has 0 fully saturated rings. The second kappa shape index (κ2) is 5.99. The standard InChI is InChI=1S/C16H12ClN3O2/c17-10-4-5-12-13(9-19-14(12)7-10)15(21)16(22)20-8-11-3-1-2-6-18-11/h1-7,9,19H,8H2,(H,20,22). The SMILES string of the molecule is O=C(NCc1ccccn1)C(=O)c1c[nH]c2cc(Cl)ccc12. The lowest BCUT2D eigenvalue weighted by Gasteiger charge is -2.03. The molecule has 0 aliphatic carbocycles. The Hall–Kier alpha value is -2.66. The summed E-state index contributed by atoms with van der Waals surface area (Å²) >= 11 is 5.90. The van der Waals surface area contributed by atoms with Gasteiger partial charge >= 0.3 is 0 Å². The molecule has 2 aromatic heterocycles. The molecule has 0 saturated carbocycles. The predicted molar refractivity (Wildman–Crippen MR) is 83.7 cm³/mol. The number of ketones is 1. The monoisotopic (exact) mass is 313 g/mol. The fourth-order valence-corrected chi connectivity index (χ4v) is 2.33. The normalized spacial score (nSPS) is 10.6. The molecule has 0 radical (unpaired) electrons. The van der Waals surface area contributed by atoms with E-state index in [-0.39, 0.29) is 6.54 Å². The molecule has 3 aromatic rings. The van der Waals surface area contributed by atoms with E-state index in [0.717, 1.165) is 0 Å². The van der Waals surface area contributed by atoms with E-state index >= 15 is 0 Å². The first-order valence-electron chi connectivity index (χ1n) is 6.64. The highest BCUT2D eigenvalue weighted by atomic mass is 35.5. The average Bonchev–Trinajstić information content (AvgIpc) is 2.95. The maximum Gasteiger partial charge on any atom is 0.292 e. The van der Waals surface area contributed by atoms with Gasteiger partial charge in [-0.1, -0.05) is 23.7 Å². The lowest BCUT2D eigenvalue weighted by Crippen LogP contribution is -2.30. The van der Waals surface area contributed by atoms with Crippen LogP contribution in [0.25, 0.3) is 10.9 Å². The molecule has 22 heavy (non-hydrogen) atoms. The molecule has 0 saturated heterocycles. The number of amides is 1. The minimum absolute atomic E-state index is 0.208. The van der Waals surface area contributed by atoms with Crippen LogP contribution in [0.15, 0.2) is 48.8 Å². The van der Waals surface area contributed by atoms with Gasteiger partial charge in [0.05, 0.1) is 17.8 Å². The van der Waals surface area contributed by atoms with Crippen LogP contribution < -0.4 is 5.32 Å². The van der Waals surface area contributed by atoms with Gasteiger partial charge in [-0.2, -0.15) is 0 Å². The number of rotatable bonds is 4. The van der Waals surface area contributed by atoms with Gasteiger partial charge in [0.1, 0.15) is 0 Å². The zero-order chi connectivity index (χ0) is 15.5. The molecule has 1 amide bonds. The number of halogens is 1. The summed E-state index contributed by atoms with van der Waals surface area (Å²) in [5, 5.41) is 3.80. The van der Waals surface area contributed by atoms with Gasteiger partial charge < -0.3 is 10.3 Å². The molecule has 5 nitrogen and oxygen atoms in total. The van der Waals surface area contributed by atoms with E-state index in [4.69, 9.17) is 11.6 Å². The Bertz CT molecular complexity index is 843. The fourth-order valence-electron chi connectivity index (χ4n) is 2.16. The molecule has 0 unspecified atom stereocenters. The zero-order valence-electron chi connectivity index (χ0n) is 11.5. The van der Waals surface area contributed by atoms with Crippen LogP contribution in [0.2, 0.25) is 5.02 Å². The van der Waals surface area contributed by atoms with Crippen LogP contribution in [0.4, 0.5) is 0 Å². The minimum atomic E-state index is -0.665. The molecule has 110 valence electrons. The topological polar surface area (TPSA) is 74.8 Å². The van der Waals surface area contributed by atoms with Crippen molar-refractivity contribution in [3.63, 3.8) is 0 Å². The van der Waals surface area contributed by atoms with E-state index in [2.05, 4.69) is 15.3 Å². The van der Waals surface area contributed by atoms with Crippen molar-refractivity contribution in [2.45, 2.75) is 6.54 Å². The Kier molecular flexibility index (Phi) is 3.89. The fraction of sp³-hybridized carbons (Fsp3) is 0.0625. The zero-order valence-corrected chi connectivity index (χ0v) is 12.2.